The van der Waals surface area contributed by atoms with E-state index < -0.39 is 0 Å². The number of Topliss-reactive ketones (excluding diaryl/α,β-unsaturated/α-hetero) is 1. The molecular weight excluding hydrogens is 863 g/mol. The smallest absolute Gasteiger partial charge is 0.242 e. The Hall–Kier alpha value is -1.88. The quantitative estimate of drug-likeness (QED) is 0.173. The predicted molar refractivity (Wildman–Crippen MR) is 272 cm³/mol. The number of aryl methyl sites for hydroxylation is 1. The standard InChI is InChI=1S/C30H51NO4.C29H48N2O3/c1-19-11-13-29(3)21(15-19)16-26(35-6)28-24-9-8-23(30(24,4)14-12-25(28)29)20(2)7-10-27(33)31-17-22(32)18-34-5;1-18-11-13-28(3)20(15-18)16-24(33-6)27-22-9-8-21(29(22,4)14-12-23(27)28)19(2)7-10-25-30-31-26(34-25)17-32-5/h19-21,23-26,28H,7-18H2,1-6H3,(H,31,33);18-24,27H,7-17H2,1-6H3/t19-,20-,21+,23-,24+,25+,26-,28+,29+,30-;18-,19-,20+,21-,22+,23+,24-,27+,28+,29-/m11/s1. The van der Waals surface area contributed by atoms with Gasteiger partial charge in [-0.3, -0.25) is 9.59 Å². The van der Waals surface area contributed by atoms with E-state index in [9.17, 15) is 9.59 Å². The first-order valence-corrected chi connectivity index (χ1v) is 28.6. The Morgan fingerprint density at radius 2 is 1.10 bits per heavy atom. The van der Waals surface area contributed by atoms with Crippen LogP contribution in [0.1, 0.15) is 189 Å². The Kier molecular flexibility index (Phi) is 17.0. The van der Waals surface area contributed by atoms with E-state index in [4.69, 9.17) is 23.4 Å². The Morgan fingerprint density at radius 3 is 1.59 bits per heavy atom. The number of hydrogen-bond donors (Lipinski definition) is 1. The molecule has 10 heteroatoms. The van der Waals surface area contributed by atoms with Crippen molar-refractivity contribution in [2.75, 3.05) is 41.6 Å². The maximum Gasteiger partial charge on any atom is 0.242 e. The summed E-state index contributed by atoms with van der Waals surface area (Å²) in [6.45, 7) is 20.8. The molecule has 8 aliphatic rings. The zero-order valence-electron chi connectivity index (χ0n) is 45.8. The van der Waals surface area contributed by atoms with Crippen LogP contribution in [0.15, 0.2) is 4.42 Å². The Balaban J connectivity index is 0.000000186. The minimum absolute atomic E-state index is 0.0121. The van der Waals surface area contributed by atoms with Crippen molar-refractivity contribution in [3.63, 3.8) is 0 Å². The van der Waals surface area contributed by atoms with E-state index in [0.717, 1.165) is 84.3 Å². The molecule has 392 valence electrons. The van der Waals surface area contributed by atoms with Crippen LogP contribution in [0.2, 0.25) is 0 Å². The van der Waals surface area contributed by atoms with Crippen LogP contribution in [0.3, 0.4) is 0 Å². The summed E-state index contributed by atoms with van der Waals surface area (Å²) >= 11 is 0. The van der Waals surface area contributed by atoms with Gasteiger partial charge in [0.05, 0.1) is 18.8 Å². The first-order valence-electron chi connectivity index (χ1n) is 28.6. The summed E-state index contributed by atoms with van der Waals surface area (Å²) in [6.07, 6.45) is 26.2. The van der Waals surface area contributed by atoms with E-state index in [0.29, 0.717) is 76.5 Å². The topological polar surface area (TPSA) is 122 Å². The van der Waals surface area contributed by atoms with Crippen molar-refractivity contribution in [3.8, 4) is 0 Å². The second kappa shape index (κ2) is 21.9. The lowest BCUT2D eigenvalue weighted by Crippen LogP contribution is -2.58. The minimum atomic E-state index is -0.0830. The van der Waals surface area contributed by atoms with Crippen molar-refractivity contribution in [2.45, 2.75) is 203 Å². The summed E-state index contributed by atoms with van der Waals surface area (Å²) in [5.41, 5.74) is 1.83. The van der Waals surface area contributed by atoms with Crippen LogP contribution < -0.4 is 5.32 Å². The summed E-state index contributed by atoms with van der Waals surface area (Å²) in [6, 6.07) is 0. The van der Waals surface area contributed by atoms with Gasteiger partial charge in [-0.2, -0.15) is 0 Å². The number of carbonyl (C=O) groups is 2. The molecule has 8 saturated carbocycles. The summed E-state index contributed by atoms with van der Waals surface area (Å²) in [5, 5.41) is 11.1. The number of nitrogens with one attached hydrogen (secondary N) is 1. The summed E-state index contributed by atoms with van der Waals surface area (Å²) < 4.78 is 28.4. The second-order valence-electron chi connectivity index (χ2n) is 26.5. The number of methoxy groups -OCH3 is 4. The number of hydrogen-bond acceptors (Lipinski definition) is 9. The molecule has 1 amide bonds. The molecule has 1 N–H and O–H groups in total. The second-order valence-corrected chi connectivity index (χ2v) is 26.5. The first-order chi connectivity index (χ1) is 32.9. The average molecular weight is 962 g/mol. The van der Waals surface area contributed by atoms with Gasteiger partial charge in [-0.15, -0.1) is 10.2 Å². The molecule has 1 heterocycles. The Bertz CT molecular complexity index is 1870. The molecule has 20 atom stereocenters. The number of ketones is 1. The Morgan fingerprint density at radius 1 is 0.623 bits per heavy atom. The van der Waals surface area contributed by atoms with Crippen molar-refractivity contribution in [1.29, 1.82) is 0 Å². The lowest BCUT2D eigenvalue weighted by Gasteiger charge is -2.63. The van der Waals surface area contributed by atoms with Gasteiger partial charge < -0.3 is 28.7 Å². The van der Waals surface area contributed by atoms with Gasteiger partial charge >= 0.3 is 0 Å². The van der Waals surface area contributed by atoms with Gasteiger partial charge in [-0.1, -0.05) is 68.2 Å². The van der Waals surface area contributed by atoms with Crippen molar-refractivity contribution in [1.82, 2.24) is 15.5 Å². The fourth-order valence-corrected chi connectivity index (χ4v) is 19.5. The number of amides is 1. The van der Waals surface area contributed by atoms with Crippen LogP contribution in [0, 0.1) is 105 Å². The summed E-state index contributed by atoms with van der Waals surface area (Å²) in [4.78, 5) is 24.0. The molecule has 0 saturated heterocycles. The molecule has 1 aromatic rings. The molecule has 9 rings (SSSR count). The monoisotopic (exact) mass is 962 g/mol. The van der Waals surface area contributed by atoms with Gasteiger partial charge in [0, 0.05) is 41.3 Å². The van der Waals surface area contributed by atoms with Crippen molar-refractivity contribution in [3.05, 3.63) is 11.8 Å². The zero-order valence-corrected chi connectivity index (χ0v) is 45.8. The summed E-state index contributed by atoms with van der Waals surface area (Å²) in [5.74, 6) is 12.0. The highest BCUT2D eigenvalue weighted by Gasteiger charge is 2.65. The van der Waals surface area contributed by atoms with E-state index in [-0.39, 0.29) is 24.8 Å². The highest BCUT2D eigenvalue weighted by atomic mass is 16.5. The van der Waals surface area contributed by atoms with Crippen LogP contribution in [0.25, 0.3) is 0 Å². The normalized spacial score (nSPS) is 44.2. The zero-order chi connectivity index (χ0) is 49.5. The van der Waals surface area contributed by atoms with E-state index in [1.807, 2.05) is 14.2 Å². The van der Waals surface area contributed by atoms with Crippen LogP contribution in [0.5, 0.6) is 0 Å². The van der Waals surface area contributed by atoms with Crippen LogP contribution in [0.4, 0.5) is 0 Å². The maximum absolute atomic E-state index is 12.4. The molecule has 0 bridgehead atoms. The molecule has 0 unspecified atom stereocenters. The molecule has 1 aromatic heterocycles. The maximum atomic E-state index is 12.4. The average Bonchev–Trinajstić information content (AvgIpc) is 4.04. The van der Waals surface area contributed by atoms with Crippen LogP contribution in [-0.2, 0) is 41.6 Å². The number of fused-ring (bicyclic) bond motifs is 10. The van der Waals surface area contributed by atoms with Gasteiger partial charge in [0.25, 0.3) is 0 Å². The van der Waals surface area contributed by atoms with E-state index in [1.54, 1.807) is 7.11 Å². The summed E-state index contributed by atoms with van der Waals surface area (Å²) in [7, 11) is 7.13. The largest absolute Gasteiger partial charge is 0.423 e. The van der Waals surface area contributed by atoms with Gasteiger partial charge in [-0.25, -0.2) is 0 Å². The van der Waals surface area contributed by atoms with Gasteiger partial charge in [0.15, 0.2) is 5.78 Å². The number of nitrogens with zero attached hydrogens (tertiary/aromatic N) is 2. The van der Waals surface area contributed by atoms with E-state index in [2.05, 4.69) is 70.9 Å². The lowest BCUT2D eigenvalue weighted by atomic mass is 9.43. The van der Waals surface area contributed by atoms with Crippen LogP contribution in [-0.4, -0.2) is 75.7 Å². The first kappa shape index (κ1) is 53.4. The molecular formula is C59H99N3O7. The molecule has 69 heavy (non-hydrogen) atoms. The van der Waals surface area contributed by atoms with Crippen LogP contribution >= 0.6 is 0 Å². The fraction of sp³-hybridized carbons (Fsp3) is 0.932. The molecule has 0 aromatic carbocycles. The van der Waals surface area contributed by atoms with Crippen molar-refractivity contribution >= 4 is 11.7 Å². The van der Waals surface area contributed by atoms with Crippen molar-refractivity contribution in [2.24, 2.45) is 105 Å². The van der Waals surface area contributed by atoms with E-state index >= 15 is 0 Å². The highest BCUT2D eigenvalue weighted by molar-refractivity contribution is 5.86. The van der Waals surface area contributed by atoms with E-state index in [1.165, 1.54) is 110 Å². The third kappa shape index (κ3) is 10.3. The number of rotatable bonds is 16. The highest BCUT2D eigenvalue weighted by Crippen LogP contribution is 2.71. The van der Waals surface area contributed by atoms with Gasteiger partial charge in [0.2, 0.25) is 17.7 Å². The minimum Gasteiger partial charge on any atom is -0.423 e. The number of carbonyl (C=O) groups excluding carboxylic acids is 2. The SMILES string of the molecule is COCC(=O)CNC(=O)CC[C@@H](C)[C@H]1CC[C@H]2[C@@H]3[C@H](OC)C[C@@H]4C[C@H](C)CC[C@]4(C)[C@H]3CC[C@]12C.COCc1nnc(CC[C@@H](C)[C@H]2CC[C@H]3[C@@H]4[C@H](OC)C[C@@H]5C[C@H](C)CC[C@]5(C)[C@H]4CC[C@]23C)o1. The molecule has 0 radical (unpaired) electrons. The fourth-order valence-electron chi connectivity index (χ4n) is 19.5. The molecule has 8 fully saturated rings. The molecule has 0 spiro atoms. The molecule has 10 nitrogen and oxygen atoms in total. The molecule has 0 aliphatic heterocycles. The number of aromatic nitrogens is 2. The lowest BCUT2D eigenvalue weighted by molar-refractivity contribution is -0.176. The van der Waals surface area contributed by atoms with Crippen molar-refractivity contribution < 1.29 is 33.0 Å². The van der Waals surface area contributed by atoms with Gasteiger partial charge in [0.1, 0.15) is 13.2 Å². The van der Waals surface area contributed by atoms with Gasteiger partial charge in [-0.05, 0) is 207 Å². The number of ether oxygens (including phenoxy) is 4. The third-order valence-corrected chi connectivity index (χ3v) is 23.2. The predicted octanol–water partition coefficient (Wildman–Crippen LogP) is 12.4. The molecule has 8 aliphatic carbocycles. The Labute approximate surface area is 419 Å². The third-order valence-electron chi connectivity index (χ3n) is 23.2.